The normalized spacial score (nSPS) is 18.5. The van der Waals surface area contributed by atoms with E-state index in [1.54, 1.807) is 0 Å². The van der Waals surface area contributed by atoms with Crippen LogP contribution in [0.15, 0.2) is 38.7 Å². The number of carboxylic acids is 2. The van der Waals surface area contributed by atoms with E-state index >= 15 is 0 Å². The number of rotatable bonds is 23. The molecular weight excluding hydrogens is 1060 g/mol. The van der Waals surface area contributed by atoms with Crippen molar-refractivity contribution in [3.05, 3.63) is 46.5 Å². The molecule has 34 nitrogen and oxygen atoms in total. The van der Waals surface area contributed by atoms with Crippen LogP contribution < -0.4 is 28.7 Å². The first-order valence-corrected chi connectivity index (χ1v) is 25.0. The van der Waals surface area contributed by atoms with Crippen molar-refractivity contribution in [3.63, 3.8) is 0 Å². The highest BCUT2D eigenvalue weighted by molar-refractivity contribution is 7.84. The summed E-state index contributed by atoms with van der Waals surface area (Å²) in [5, 5.41) is 36.7. The average Bonchev–Trinajstić information content (AvgIpc) is 4.12. The van der Waals surface area contributed by atoms with E-state index < -0.39 is 115 Å². The van der Waals surface area contributed by atoms with E-state index in [1.807, 2.05) is 0 Å². The molecule has 6 heterocycles. The average molecular weight is 1100 g/mol. The lowest BCUT2D eigenvalue weighted by molar-refractivity contribution is -0.161. The molecule has 2 aliphatic heterocycles. The van der Waals surface area contributed by atoms with Gasteiger partial charge in [-0.05, 0) is 27.7 Å². The van der Waals surface area contributed by atoms with Crippen molar-refractivity contribution in [3.8, 4) is 0 Å². The number of aromatic nitrogens is 8. The van der Waals surface area contributed by atoms with Crippen LogP contribution in [0.25, 0.3) is 0 Å². The van der Waals surface area contributed by atoms with Crippen molar-refractivity contribution in [2.24, 2.45) is 44.3 Å². The van der Waals surface area contributed by atoms with Crippen molar-refractivity contribution in [2.75, 3.05) is 11.5 Å². The molecule has 0 radical (unpaired) electrons. The molecule has 73 heavy (non-hydrogen) atoms. The zero-order valence-corrected chi connectivity index (χ0v) is 41.6. The van der Waals surface area contributed by atoms with Crippen LogP contribution in [-0.2, 0) is 85.2 Å². The molecule has 4 atom stereocenters. The summed E-state index contributed by atoms with van der Waals surface area (Å²) in [6.07, 6.45) is 1.17. The van der Waals surface area contributed by atoms with E-state index in [0.717, 1.165) is 29.0 Å². The van der Waals surface area contributed by atoms with Gasteiger partial charge in [0.05, 0.1) is 43.6 Å². The van der Waals surface area contributed by atoms with E-state index in [2.05, 4.69) is 45.4 Å². The van der Waals surface area contributed by atoms with Gasteiger partial charge < -0.3 is 48.6 Å². The van der Waals surface area contributed by atoms with Gasteiger partial charge in [0.25, 0.3) is 0 Å². The first-order valence-electron chi connectivity index (χ1n) is 20.5. The summed E-state index contributed by atoms with van der Waals surface area (Å²) in [4.78, 5) is 104. The minimum atomic E-state index is -4.99. The number of amides is 2. The van der Waals surface area contributed by atoms with Crippen molar-refractivity contribution < 1.29 is 74.6 Å². The van der Waals surface area contributed by atoms with E-state index in [4.69, 9.17) is 38.3 Å². The summed E-state index contributed by atoms with van der Waals surface area (Å²) in [5.41, 5.74) is 23.0. The Morgan fingerprint density at radius 2 is 1.10 bits per heavy atom. The number of ketones is 2. The fourth-order valence-electron chi connectivity index (χ4n) is 6.51. The largest absolute Gasteiger partial charge is 0.478 e. The zero-order chi connectivity index (χ0) is 54.5. The van der Waals surface area contributed by atoms with Gasteiger partial charge >= 0.3 is 32.5 Å². The third-order valence-corrected chi connectivity index (χ3v) is 13.7. The Kier molecular flexibility index (Phi) is 17.0. The molecule has 0 aromatic carbocycles. The Bertz CT molecular complexity index is 3100. The molecule has 38 heteroatoms. The van der Waals surface area contributed by atoms with Crippen molar-refractivity contribution in [1.82, 2.24) is 48.1 Å². The van der Waals surface area contributed by atoms with Gasteiger partial charge in [0, 0.05) is 23.6 Å². The second kappa shape index (κ2) is 22.0. The van der Waals surface area contributed by atoms with Gasteiger partial charge in [-0.15, -0.1) is 22.7 Å². The fourth-order valence-corrected chi connectivity index (χ4v) is 9.44. The van der Waals surface area contributed by atoms with Gasteiger partial charge in [-0.1, -0.05) is 10.3 Å². The highest BCUT2D eigenvalue weighted by Gasteiger charge is 2.55. The maximum atomic E-state index is 13.2. The summed E-state index contributed by atoms with van der Waals surface area (Å²) >= 11 is 1.96. The fraction of sp³-hybridized carbons (Fsp3) is 0.457. The maximum Gasteiger partial charge on any atom is 0.362 e. The number of oxime groups is 2. The molecule has 14 N–H and O–H groups in total. The number of nitrogen functional groups attached to an aromatic ring is 2. The number of Topliss-reactive ketones (excluding diaryl/α,β-unsaturated/α-hetero) is 2. The Labute approximate surface area is 419 Å². The summed E-state index contributed by atoms with van der Waals surface area (Å²) in [6, 6.07) is -2.44. The van der Waals surface area contributed by atoms with Gasteiger partial charge in [-0.3, -0.25) is 28.3 Å². The number of aliphatic imine (C=N–C) groups is 1. The van der Waals surface area contributed by atoms with Crippen LogP contribution in [-0.4, -0.2) is 160 Å². The summed E-state index contributed by atoms with van der Waals surface area (Å²) in [6.45, 7) is 4.14. The molecule has 2 fully saturated rings. The first kappa shape index (κ1) is 56.3. The first-order chi connectivity index (χ1) is 33.9. The Morgan fingerprint density at radius 3 is 1.42 bits per heavy atom. The molecule has 2 saturated heterocycles. The van der Waals surface area contributed by atoms with Crippen LogP contribution in [0.2, 0.25) is 0 Å². The second-order valence-electron chi connectivity index (χ2n) is 16.3. The number of hydrogen-bond donors (Lipinski definition) is 9. The minimum absolute atomic E-state index is 0.0182. The third kappa shape index (κ3) is 13.3. The Hall–Kier alpha value is -7.65. The molecule has 396 valence electrons. The minimum Gasteiger partial charge on any atom is -0.478 e. The molecule has 0 aliphatic carbocycles. The molecule has 6 rings (SSSR count). The third-order valence-electron chi connectivity index (χ3n) is 10.4. The second-order valence-corrected chi connectivity index (χ2v) is 20.7. The maximum absolute atomic E-state index is 13.2. The number of nitrogens with zero attached hydrogens (tertiary/aromatic N) is 13. The number of hydrogen-bond acceptors (Lipinski definition) is 26. The standard InChI is InChI=1S/C18H24N10O8S2.C17H22N8O8S2/c1-18(2,15(31)32)36-26-13(9-6-37-17(21)25-9)11(29)3-8-10(28(14(8)30)38(33,34)35)5-27-12(23-7-24-27)4-22-16(19)20;1-17(2,15(28)29)33-23-13(9-6-34-16(19)22-9)11(26)3-8-10(25(14(8)27)35(30,31)32)5-24-12(4-18)20-7-21-24/h6-8,10H,3-5H2,1-2H3,(H2,21,25)(H,31,32)(H4,19,20,22)(H,33,34,35);6-8,10H,3-5,18H2,1-2H3,(H2,19,22)(H,28,29)(H,30,31,32)/b26-13-;23-13-/t2*8-,10+/m00/s1. The van der Waals surface area contributed by atoms with Gasteiger partial charge in [0.2, 0.25) is 23.0 Å². The lowest BCUT2D eigenvalue weighted by Crippen LogP contribution is -2.64. The number of thiazole rings is 2. The summed E-state index contributed by atoms with van der Waals surface area (Å²) < 4.78 is 69.3. The number of guanidine groups is 1. The quantitative estimate of drug-likeness (QED) is 0.0115. The number of anilines is 2. The van der Waals surface area contributed by atoms with Crippen molar-refractivity contribution >= 4 is 106 Å². The summed E-state index contributed by atoms with van der Waals surface area (Å²) in [7, 11) is -9.92. The van der Waals surface area contributed by atoms with Crippen LogP contribution in [0.5, 0.6) is 0 Å². The summed E-state index contributed by atoms with van der Waals surface area (Å²) in [5.74, 6) is -8.61. The molecule has 0 bridgehead atoms. The van der Waals surface area contributed by atoms with Gasteiger partial charge in [0.1, 0.15) is 42.2 Å². The number of nitrogens with two attached hydrogens (primary N) is 5. The number of aliphatic carboxylic acids is 2. The number of carbonyl (C=O) groups excluding carboxylic acids is 4. The highest BCUT2D eigenvalue weighted by atomic mass is 32.2. The van der Waals surface area contributed by atoms with E-state index in [0.29, 0.717) is 0 Å². The van der Waals surface area contributed by atoms with Crippen LogP contribution in [0, 0.1) is 11.8 Å². The molecule has 2 amide bonds. The highest BCUT2D eigenvalue weighted by Crippen LogP contribution is 2.35. The number of carbonyl (C=O) groups is 6. The zero-order valence-electron chi connectivity index (χ0n) is 38.4. The molecule has 0 saturated carbocycles. The van der Waals surface area contributed by atoms with Gasteiger partial charge in [-0.25, -0.2) is 52.5 Å². The Morgan fingerprint density at radius 1 is 0.712 bits per heavy atom. The van der Waals surface area contributed by atoms with E-state index in [9.17, 15) is 64.9 Å². The van der Waals surface area contributed by atoms with Crippen molar-refractivity contribution in [1.29, 1.82) is 0 Å². The molecular formula is C35H46N18O16S4. The van der Waals surface area contributed by atoms with Gasteiger partial charge in [0.15, 0.2) is 39.2 Å². The monoisotopic (exact) mass is 1100 g/mol. The topological polar surface area (TPSA) is 531 Å². The molecule has 4 aromatic rings. The number of carboxylic acid groups (broad SMARTS) is 2. The van der Waals surface area contributed by atoms with E-state index in [-0.39, 0.29) is 74.0 Å². The van der Waals surface area contributed by atoms with E-state index in [1.165, 1.54) is 54.1 Å². The van der Waals surface area contributed by atoms with Crippen LogP contribution in [0.1, 0.15) is 63.6 Å². The van der Waals surface area contributed by atoms with Crippen molar-refractivity contribution in [2.45, 2.75) is 90.0 Å². The van der Waals surface area contributed by atoms with Crippen LogP contribution in [0.3, 0.4) is 0 Å². The molecule has 0 unspecified atom stereocenters. The molecule has 4 aromatic heterocycles. The predicted octanol–water partition coefficient (Wildman–Crippen LogP) is -3.39. The lowest BCUT2D eigenvalue weighted by Gasteiger charge is -2.43. The van der Waals surface area contributed by atoms with Crippen LogP contribution >= 0.6 is 22.7 Å². The predicted molar refractivity (Wildman–Crippen MR) is 250 cm³/mol. The van der Waals surface area contributed by atoms with Crippen LogP contribution in [0.4, 0.5) is 10.3 Å². The Balaban J connectivity index is 0.000000272. The number of β-lactam (4-membered cyclic amide) rings is 2. The molecule has 0 spiro atoms. The van der Waals surface area contributed by atoms with Gasteiger partial charge in [-0.2, -0.15) is 27.0 Å². The smallest absolute Gasteiger partial charge is 0.362 e. The molecule has 2 aliphatic rings. The lowest BCUT2D eigenvalue weighted by atomic mass is 9.84. The SMILES string of the molecule is CC(C)(O/N=C(\C(=O)C[C@@H]1C(=O)N(S(=O)(=O)O)[C@@H]1Cn1ncnc1CN)c1csc(N)n1)C(=O)O.CC(C)(O/N=C(\C(=O)C[C@@H]1C(=O)N(S(=O)(=O)O)[C@@H]1Cn1ncnc1CN=C(N)N)c1csc(N)n1)C(=O)O.